The molecule has 0 fully saturated rings. The molecule has 0 bridgehead atoms. The number of hydrogen-bond donors (Lipinski definition) is 1. The van der Waals surface area contributed by atoms with Crippen LogP contribution in [0.5, 0.6) is 0 Å². The first-order chi connectivity index (χ1) is 12.2. The largest absolute Gasteiger partial charge is 0.364 e. The molecule has 0 saturated heterocycles. The summed E-state index contributed by atoms with van der Waals surface area (Å²) >= 11 is 0. The maximum absolute atomic E-state index is 4.65. The van der Waals surface area contributed by atoms with E-state index in [1.54, 1.807) is 4.52 Å². The number of aryl methyl sites for hydroxylation is 1. The van der Waals surface area contributed by atoms with Crippen LogP contribution in [-0.4, -0.2) is 35.6 Å². The van der Waals surface area contributed by atoms with Crippen molar-refractivity contribution >= 4 is 11.5 Å². The Labute approximate surface area is 145 Å². The summed E-state index contributed by atoms with van der Waals surface area (Å²) in [6.07, 6.45) is 3.89. The van der Waals surface area contributed by atoms with E-state index in [9.17, 15) is 0 Å². The molecule has 1 aromatic carbocycles. The number of fused-ring (bicyclic) bond motifs is 1. The first-order valence-electron chi connectivity index (χ1n) is 8.22. The first kappa shape index (κ1) is 15.3. The second kappa shape index (κ2) is 6.35. The van der Waals surface area contributed by atoms with E-state index in [1.807, 2.05) is 66.5 Å². The standard InChI is InChI=1S/C18H19N7/c1-13-10-19-24(11-13)12-14(2)20-16-8-9-17-21-22-18(25(17)23-16)15-6-4-3-5-7-15/h3-11,14H,12H2,1-2H3,(H,20,23). The van der Waals surface area contributed by atoms with Gasteiger partial charge in [0.25, 0.3) is 0 Å². The summed E-state index contributed by atoms with van der Waals surface area (Å²) in [5.41, 5.74) is 2.86. The molecule has 0 aliphatic carbocycles. The van der Waals surface area contributed by atoms with Gasteiger partial charge in [-0.05, 0) is 31.5 Å². The van der Waals surface area contributed by atoms with Crippen molar-refractivity contribution in [2.24, 2.45) is 0 Å². The van der Waals surface area contributed by atoms with Crippen molar-refractivity contribution in [3.05, 3.63) is 60.4 Å². The van der Waals surface area contributed by atoms with Gasteiger partial charge in [-0.15, -0.1) is 15.3 Å². The van der Waals surface area contributed by atoms with Crippen LogP contribution in [0.4, 0.5) is 5.82 Å². The topological polar surface area (TPSA) is 72.9 Å². The van der Waals surface area contributed by atoms with E-state index >= 15 is 0 Å². The molecule has 25 heavy (non-hydrogen) atoms. The van der Waals surface area contributed by atoms with Gasteiger partial charge in [0.1, 0.15) is 5.82 Å². The van der Waals surface area contributed by atoms with Gasteiger partial charge in [-0.3, -0.25) is 4.68 Å². The van der Waals surface area contributed by atoms with Gasteiger partial charge in [0.05, 0.1) is 12.7 Å². The predicted octanol–water partition coefficient (Wildman–Crippen LogP) is 2.80. The predicted molar refractivity (Wildman–Crippen MR) is 96.3 cm³/mol. The summed E-state index contributed by atoms with van der Waals surface area (Å²) in [7, 11) is 0. The number of benzene rings is 1. The minimum Gasteiger partial charge on any atom is -0.364 e. The van der Waals surface area contributed by atoms with Crippen LogP contribution < -0.4 is 5.32 Å². The zero-order valence-electron chi connectivity index (χ0n) is 14.2. The Morgan fingerprint density at radius 3 is 2.68 bits per heavy atom. The second-order valence-electron chi connectivity index (χ2n) is 6.16. The number of anilines is 1. The molecule has 3 heterocycles. The van der Waals surface area contributed by atoms with Crippen molar-refractivity contribution in [1.29, 1.82) is 0 Å². The van der Waals surface area contributed by atoms with Gasteiger partial charge in [0.2, 0.25) is 0 Å². The zero-order valence-corrected chi connectivity index (χ0v) is 14.2. The van der Waals surface area contributed by atoms with E-state index in [4.69, 9.17) is 0 Å². The van der Waals surface area contributed by atoms with Gasteiger partial charge in [-0.25, -0.2) is 0 Å². The van der Waals surface area contributed by atoms with Crippen LogP contribution in [0.15, 0.2) is 54.9 Å². The Morgan fingerprint density at radius 2 is 1.92 bits per heavy atom. The lowest BCUT2D eigenvalue weighted by molar-refractivity contribution is 0.558. The third kappa shape index (κ3) is 3.21. The lowest BCUT2D eigenvalue weighted by atomic mass is 10.2. The van der Waals surface area contributed by atoms with E-state index < -0.39 is 0 Å². The van der Waals surface area contributed by atoms with Crippen LogP contribution >= 0.6 is 0 Å². The minimum absolute atomic E-state index is 0.181. The number of rotatable bonds is 5. The Bertz CT molecular complexity index is 987. The summed E-state index contributed by atoms with van der Waals surface area (Å²) in [6, 6.07) is 14.0. The molecule has 0 radical (unpaired) electrons. The van der Waals surface area contributed by atoms with Crippen LogP contribution in [0.1, 0.15) is 12.5 Å². The summed E-state index contributed by atoms with van der Waals surface area (Å²) in [5.74, 6) is 1.51. The van der Waals surface area contributed by atoms with Gasteiger partial charge in [0.15, 0.2) is 11.5 Å². The molecule has 7 nitrogen and oxygen atoms in total. The maximum Gasteiger partial charge on any atom is 0.185 e. The average Bonchev–Trinajstić information content (AvgIpc) is 3.21. The Kier molecular flexibility index (Phi) is 3.89. The second-order valence-corrected chi connectivity index (χ2v) is 6.16. The van der Waals surface area contributed by atoms with Crippen LogP contribution in [-0.2, 0) is 6.54 Å². The number of nitrogens with one attached hydrogen (secondary N) is 1. The lowest BCUT2D eigenvalue weighted by Gasteiger charge is -2.14. The van der Waals surface area contributed by atoms with Gasteiger partial charge < -0.3 is 5.32 Å². The van der Waals surface area contributed by atoms with E-state index in [1.165, 1.54) is 0 Å². The normalized spacial score (nSPS) is 12.4. The summed E-state index contributed by atoms with van der Waals surface area (Å²) in [5, 5.41) is 20.8. The number of nitrogens with zero attached hydrogens (tertiary/aromatic N) is 6. The van der Waals surface area contributed by atoms with Crippen molar-refractivity contribution in [3.63, 3.8) is 0 Å². The van der Waals surface area contributed by atoms with E-state index in [0.717, 1.165) is 35.0 Å². The third-order valence-corrected chi connectivity index (χ3v) is 3.91. The van der Waals surface area contributed by atoms with E-state index in [0.29, 0.717) is 0 Å². The molecule has 1 atom stereocenters. The molecule has 126 valence electrons. The highest BCUT2D eigenvalue weighted by Crippen LogP contribution is 2.18. The molecule has 0 aliphatic heterocycles. The maximum atomic E-state index is 4.65. The third-order valence-electron chi connectivity index (χ3n) is 3.91. The summed E-state index contributed by atoms with van der Waals surface area (Å²) < 4.78 is 3.70. The van der Waals surface area contributed by atoms with Gasteiger partial charge in [-0.1, -0.05) is 30.3 Å². The Balaban J connectivity index is 1.58. The molecular formula is C18H19N7. The van der Waals surface area contributed by atoms with Crippen LogP contribution in [0.25, 0.3) is 17.0 Å². The molecule has 0 aliphatic rings. The van der Waals surface area contributed by atoms with Crippen molar-refractivity contribution < 1.29 is 0 Å². The summed E-state index contributed by atoms with van der Waals surface area (Å²) in [6.45, 7) is 4.91. The molecule has 0 spiro atoms. The smallest absolute Gasteiger partial charge is 0.185 e. The van der Waals surface area contributed by atoms with Crippen LogP contribution in [0, 0.1) is 6.92 Å². The highest BCUT2D eigenvalue weighted by Gasteiger charge is 2.11. The van der Waals surface area contributed by atoms with E-state index in [2.05, 4.69) is 32.6 Å². The average molecular weight is 333 g/mol. The lowest BCUT2D eigenvalue weighted by Crippen LogP contribution is -2.23. The van der Waals surface area contributed by atoms with Crippen LogP contribution in [0.2, 0.25) is 0 Å². The van der Waals surface area contributed by atoms with Crippen molar-refractivity contribution in [2.45, 2.75) is 26.4 Å². The fraction of sp³-hybridized carbons (Fsp3) is 0.222. The minimum atomic E-state index is 0.181. The van der Waals surface area contributed by atoms with Crippen molar-refractivity contribution in [1.82, 2.24) is 29.6 Å². The molecule has 4 rings (SSSR count). The Hall–Kier alpha value is -3.22. The highest BCUT2D eigenvalue weighted by atomic mass is 15.4. The number of aromatic nitrogens is 6. The number of hydrogen-bond acceptors (Lipinski definition) is 5. The van der Waals surface area contributed by atoms with E-state index in [-0.39, 0.29) is 6.04 Å². The first-order valence-corrected chi connectivity index (χ1v) is 8.22. The molecule has 3 aromatic heterocycles. The molecule has 4 aromatic rings. The SMILES string of the molecule is Cc1cnn(CC(C)Nc2ccc3nnc(-c4ccccc4)n3n2)c1. The molecule has 0 amide bonds. The quantitative estimate of drug-likeness (QED) is 0.608. The Morgan fingerprint density at radius 1 is 1.08 bits per heavy atom. The van der Waals surface area contributed by atoms with Gasteiger partial charge in [-0.2, -0.15) is 9.61 Å². The molecule has 7 heteroatoms. The molecule has 0 saturated carbocycles. The van der Waals surface area contributed by atoms with Crippen LogP contribution in [0.3, 0.4) is 0 Å². The van der Waals surface area contributed by atoms with Crippen molar-refractivity contribution in [3.8, 4) is 11.4 Å². The monoisotopic (exact) mass is 333 g/mol. The zero-order chi connectivity index (χ0) is 17.2. The molecule has 1 unspecified atom stereocenters. The van der Waals surface area contributed by atoms with Gasteiger partial charge >= 0.3 is 0 Å². The van der Waals surface area contributed by atoms with Crippen molar-refractivity contribution in [2.75, 3.05) is 5.32 Å². The highest BCUT2D eigenvalue weighted by molar-refractivity contribution is 5.59. The molecule has 1 N–H and O–H groups in total. The fourth-order valence-corrected chi connectivity index (χ4v) is 2.78. The fourth-order valence-electron chi connectivity index (χ4n) is 2.78. The van der Waals surface area contributed by atoms with Gasteiger partial charge in [0, 0.05) is 17.8 Å². The summed E-state index contributed by atoms with van der Waals surface area (Å²) in [4.78, 5) is 0. The molecular weight excluding hydrogens is 314 g/mol.